The molecule has 110 valence electrons. The molecule has 0 aliphatic heterocycles. The van der Waals surface area contributed by atoms with E-state index < -0.39 is 15.9 Å². The average Bonchev–Trinajstić information content (AvgIpc) is 2.41. The van der Waals surface area contributed by atoms with Crippen LogP contribution >= 0.6 is 11.6 Å². The summed E-state index contributed by atoms with van der Waals surface area (Å²) in [6.45, 7) is 0. The van der Waals surface area contributed by atoms with Gasteiger partial charge >= 0.3 is 0 Å². The van der Waals surface area contributed by atoms with Crippen molar-refractivity contribution in [3.05, 3.63) is 41.4 Å². The molecule has 2 rings (SSSR count). The van der Waals surface area contributed by atoms with Gasteiger partial charge in [-0.2, -0.15) is 13.5 Å². The van der Waals surface area contributed by atoms with Crippen molar-refractivity contribution in [1.82, 2.24) is 0 Å². The van der Waals surface area contributed by atoms with Crippen molar-refractivity contribution in [2.24, 2.45) is 10.2 Å². The number of rotatable bonds is 3. The van der Waals surface area contributed by atoms with Crippen molar-refractivity contribution in [2.75, 3.05) is 0 Å². The Morgan fingerprint density at radius 2 is 1.52 bits per heavy atom. The molecule has 3 N–H and O–H groups in total. The SMILES string of the molecule is O=S(=O)(O)c1ccc(N=Nc2cc(O)c(O)cc2Cl)cc1. The van der Waals surface area contributed by atoms with Crippen molar-refractivity contribution >= 4 is 33.1 Å². The summed E-state index contributed by atoms with van der Waals surface area (Å²) < 4.78 is 30.6. The summed E-state index contributed by atoms with van der Waals surface area (Å²) >= 11 is 5.82. The van der Waals surface area contributed by atoms with E-state index in [1.54, 1.807) is 0 Å². The lowest BCUT2D eigenvalue weighted by atomic mass is 10.3. The van der Waals surface area contributed by atoms with E-state index in [4.69, 9.17) is 16.2 Å². The van der Waals surface area contributed by atoms with E-state index >= 15 is 0 Å². The monoisotopic (exact) mass is 328 g/mol. The van der Waals surface area contributed by atoms with Crippen LogP contribution in [0, 0.1) is 0 Å². The fraction of sp³-hybridized carbons (Fsp3) is 0. The minimum Gasteiger partial charge on any atom is -0.504 e. The molecule has 0 bridgehead atoms. The van der Waals surface area contributed by atoms with E-state index in [-0.39, 0.29) is 21.4 Å². The molecule has 0 aliphatic carbocycles. The lowest BCUT2D eigenvalue weighted by Gasteiger charge is -2.01. The number of azo groups is 1. The van der Waals surface area contributed by atoms with Gasteiger partial charge in [0, 0.05) is 12.1 Å². The topological polar surface area (TPSA) is 120 Å². The highest BCUT2D eigenvalue weighted by Crippen LogP contribution is 2.36. The first kappa shape index (κ1) is 15.2. The van der Waals surface area contributed by atoms with E-state index in [1.807, 2.05) is 0 Å². The highest BCUT2D eigenvalue weighted by Gasteiger charge is 2.09. The standard InChI is InChI=1S/C12H9ClN2O5S/c13-9-5-11(16)12(17)6-10(9)15-14-7-1-3-8(4-2-7)21(18,19)20/h1-6,16-17H,(H,18,19,20). The number of phenols is 2. The van der Waals surface area contributed by atoms with E-state index in [9.17, 15) is 18.6 Å². The van der Waals surface area contributed by atoms with Crippen LogP contribution in [0.25, 0.3) is 0 Å². The predicted molar refractivity (Wildman–Crippen MR) is 75.2 cm³/mol. The van der Waals surface area contributed by atoms with Crippen LogP contribution in [0.3, 0.4) is 0 Å². The van der Waals surface area contributed by atoms with Crippen LogP contribution in [-0.4, -0.2) is 23.2 Å². The summed E-state index contributed by atoms with van der Waals surface area (Å²) in [7, 11) is -4.26. The van der Waals surface area contributed by atoms with E-state index in [2.05, 4.69) is 10.2 Å². The fourth-order valence-electron chi connectivity index (χ4n) is 1.41. The van der Waals surface area contributed by atoms with Gasteiger partial charge in [-0.15, -0.1) is 5.11 Å². The zero-order chi connectivity index (χ0) is 15.6. The summed E-state index contributed by atoms with van der Waals surface area (Å²) in [5.41, 5.74) is 0.442. The molecule has 9 heteroatoms. The number of nitrogens with zero attached hydrogens (tertiary/aromatic N) is 2. The van der Waals surface area contributed by atoms with Gasteiger partial charge in [-0.05, 0) is 24.3 Å². The maximum absolute atomic E-state index is 10.9. The van der Waals surface area contributed by atoms with Gasteiger partial charge in [-0.1, -0.05) is 11.6 Å². The van der Waals surface area contributed by atoms with Crippen LogP contribution in [0.1, 0.15) is 0 Å². The summed E-state index contributed by atoms with van der Waals surface area (Å²) in [5.74, 6) is -0.772. The molecule has 0 heterocycles. The molecular weight excluding hydrogens is 320 g/mol. The van der Waals surface area contributed by atoms with E-state index in [0.717, 1.165) is 12.1 Å². The van der Waals surface area contributed by atoms with Gasteiger partial charge in [0.05, 0.1) is 15.6 Å². The lowest BCUT2D eigenvalue weighted by Crippen LogP contribution is -1.96. The molecule has 2 aromatic rings. The van der Waals surface area contributed by atoms with E-state index in [0.29, 0.717) is 5.69 Å². The molecule has 0 aromatic heterocycles. The predicted octanol–water partition coefficient (Wildman–Crippen LogP) is 3.41. The third kappa shape index (κ3) is 3.69. The number of aromatic hydroxyl groups is 2. The molecular formula is C12H9ClN2O5S. The zero-order valence-corrected chi connectivity index (χ0v) is 11.9. The molecule has 0 saturated carbocycles. The van der Waals surface area contributed by atoms with Gasteiger partial charge in [0.25, 0.3) is 10.1 Å². The largest absolute Gasteiger partial charge is 0.504 e. The molecule has 0 fully saturated rings. The highest BCUT2D eigenvalue weighted by molar-refractivity contribution is 7.85. The van der Waals surface area contributed by atoms with Gasteiger partial charge in [-0.3, -0.25) is 4.55 Å². The van der Waals surface area contributed by atoms with Crippen LogP contribution in [0.5, 0.6) is 11.5 Å². The second kappa shape index (κ2) is 5.68. The van der Waals surface area contributed by atoms with Gasteiger partial charge in [0.1, 0.15) is 5.69 Å². The van der Waals surface area contributed by atoms with E-state index in [1.165, 1.54) is 24.3 Å². The Bertz CT molecular complexity index is 803. The first-order chi connectivity index (χ1) is 9.77. The van der Waals surface area contributed by atoms with Crippen molar-refractivity contribution < 1.29 is 23.2 Å². The molecule has 0 spiro atoms. The number of hydrogen-bond donors (Lipinski definition) is 3. The Hall–Kier alpha value is -2.16. The normalized spacial score (nSPS) is 11.9. The minimum absolute atomic E-state index is 0.0867. The molecule has 7 nitrogen and oxygen atoms in total. The molecule has 0 unspecified atom stereocenters. The summed E-state index contributed by atoms with van der Waals surface area (Å²) in [6, 6.07) is 7.25. The second-order valence-corrected chi connectivity index (χ2v) is 5.79. The Labute approximate surface area is 124 Å². The zero-order valence-electron chi connectivity index (χ0n) is 10.3. The number of hydrogen-bond acceptors (Lipinski definition) is 6. The molecule has 21 heavy (non-hydrogen) atoms. The molecule has 0 atom stereocenters. The molecule has 0 saturated heterocycles. The quantitative estimate of drug-likeness (QED) is 0.453. The van der Waals surface area contributed by atoms with Crippen LogP contribution in [0.15, 0.2) is 51.5 Å². The summed E-state index contributed by atoms with van der Waals surface area (Å²) in [6.07, 6.45) is 0. The van der Waals surface area contributed by atoms with Crippen LogP contribution < -0.4 is 0 Å². The Kier molecular flexibility index (Phi) is 4.12. The second-order valence-electron chi connectivity index (χ2n) is 3.96. The average molecular weight is 329 g/mol. The highest BCUT2D eigenvalue weighted by atomic mass is 35.5. The third-order valence-corrected chi connectivity index (χ3v) is 3.62. The van der Waals surface area contributed by atoms with Gasteiger partial charge in [0.2, 0.25) is 0 Å². The lowest BCUT2D eigenvalue weighted by molar-refractivity contribution is 0.404. The van der Waals surface area contributed by atoms with Crippen LogP contribution in [-0.2, 0) is 10.1 Å². The maximum atomic E-state index is 10.9. The van der Waals surface area contributed by atoms with Crippen molar-refractivity contribution in [3.8, 4) is 11.5 Å². The van der Waals surface area contributed by atoms with Crippen molar-refractivity contribution in [2.45, 2.75) is 4.90 Å². The first-order valence-corrected chi connectivity index (χ1v) is 7.30. The fourth-order valence-corrected chi connectivity index (χ4v) is 2.09. The molecule has 0 aliphatic rings. The Balaban J connectivity index is 2.28. The smallest absolute Gasteiger partial charge is 0.294 e. The first-order valence-electron chi connectivity index (χ1n) is 5.48. The van der Waals surface area contributed by atoms with Crippen LogP contribution in [0.4, 0.5) is 11.4 Å². The molecule has 0 amide bonds. The minimum atomic E-state index is -4.26. The van der Waals surface area contributed by atoms with Gasteiger partial charge in [-0.25, -0.2) is 0 Å². The molecule has 2 aromatic carbocycles. The van der Waals surface area contributed by atoms with Gasteiger partial charge in [0.15, 0.2) is 11.5 Å². The number of benzene rings is 2. The number of halogens is 1. The summed E-state index contributed by atoms with van der Waals surface area (Å²) in [5, 5.41) is 26.2. The third-order valence-electron chi connectivity index (χ3n) is 2.45. The maximum Gasteiger partial charge on any atom is 0.294 e. The van der Waals surface area contributed by atoms with Crippen molar-refractivity contribution in [1.29, 1.82) is 0 Å². The number of phenolic OH excluding ortho intramolecular Hbond substituents is 2. The molecule has 0 radical (unpaired) electrons. The Morgan fingerprint density at radius 3 is 2.10 bits per heavy atom. The van der Waals surface area contributed by atoms with Gasteiger partial charge < -0.3 is 10.2 Å². The van der Waals surface area contributed by atoms with Crippen LogP contribution in [0.2, 0.25) is 5.02 Å². The Morgan fingerprint density at radius 1 is 0.952 bits per heavy atom. The van der Waals surface area contributed by atoms with Crippen molar-refractivity contribution in [3.63, 3.8) is 0 Å². The summed E-state index contributed by atoms with van der Waals surface area (Å²) in [4.78, 5) is -0.262.